The van der Waals surface area contributed by atoms with Crippen molar-refractivity contribution >= 4 is 10.9 Å². The average molecular weight is 402 g/mol. The monoisotopic (exact) mass is 402 g/mol. The van der Waals surface area contributed by atoms with Crippen molar-refractivity contribution in [1.82, 2.24) is 4.98 Å². The molecule has 1 atom stereocenters. The summed E-state index contributed by atoms with van der Waals surface area (Å²) in [4.78, 5) is 4.21. The van der Waals surface area contributed by atoms with E-state index in [1.165, 1.54) is 18.2 Å². The number of aromatic nitrogens is 1. The number of alkyl halides is 2. The first kappa shape index (κ1) is 21.1. The lowest BCUT2D eigenvalue weighted by molar-refractivity contribution is 0.142. The zero-order valence-corrected chi connectivity index (χ0v) is 16.8. The second-order valence-electron chi connectivity index (χ2n) is 8.18. The summed E-state index contributed by atoms with van der Waals surface area (Å²) >= 11 is 0. The van der Waals surface area contributed by atoms with Crippen molar-refractivity contribution in [3.8, 4) is 16.9 Å². The third kappa shape index (κ3) is 5.26. The standard InChI is InChI=1S/C23H25F3N2O/c1-14(12-23(2,3)27)13-29-21-7-4-15(10-19(21)22(25)26)17-8-9-28-20-6-5-16(24)11-18(17)20/h4-11,14,22H,12-13,27H2,1-3H3/t14-/m0/s1. The first-order valence-electron chi connectivity index (χ1n) is 9.52. The van der Waals surface area contributed by atoms with E-state index in [2.05, 4.69) is 4.98 Å². The van der Waals surface area contributed by atoms with Crippen molar-refractivity contribution in [2.24, 2.45) is 11.7 Å². The number of halogens is 3. The van der Waals surface area contributed by atoms with Crippen LogP contribution < -0.4 is 10.5 Å². The van der Waals surface area contributed by atoms with Crippen molar-refractivity contribution in [3.63, 3.8) is 0 Å². The fourth-order valence-corrected chi connectivity index (χ4v) is 3.58. The zero-order chi connectivity index (χ0) is 21.2. The normalized spacial score (nSPS) is 13.1. The Kier molecular flexibility index (Phi) is 6.13. The van der Waals surface area contributed by atoms with Crippen LogP contribution in [0.25, 0.3) is 22.0 Å². The maximum Gasteiger partial charge on any atom is 0.267 e. The predicted molar refractivity (Wildman–Crippen MR) is 110 cm³/mol. The number of rotatable bonds is 7. The molecule has 0 spiro atoms. The Balaban J connectivity index is 1.92. The van der Waals surface area contributed by atoms with E-state index in [9.17, 15) is 13.2 Å². The predicted octanol–water partition coefficient (Wildman–Crippen LogP) is 6.12. The molecule has 2 aromatic carbocycles. The van der Waals surface area contributed by atoms with E-state index in [1.807, 2.05) is 20.8 Å². The van der Waals surface area contributed by atoms with Crippen LogP contribution in [0.3, 0.4) is 0 Å². The Morgan fingerprint density at radius 3 is 2.55 bits per heavy atom. The van der Waals surface area contributed by atoms with Crippen LogP contribution in [0.4, 0.5) is 13.2 Å². The molecule has 0 aliphatic rings. The van der Waals surface area contributed by atoms with Gasteiger partial charge in [-0.05, 0) is 73.7 Å². The minimum atomic E-state index is -2.70. The molecule has 3 aromatic rings. The first-order valence-corrected chi connectivity index (χ1v) is 9.52. The molecule has 0 bridgehead atoms. The van der Waals surface area contributed by atoms with Crippen LogP contribution in [-0.2, 0) is 0 Å². The van der Waals surface area contributed by atoms with Gasteiger partial charge in [0.25, 0.3) is 6.43 Å². The smallest absolute Gasteiger partial charge is 0.267 e. The van der Waals surface area contributed by atoms with Crippen molar-refractivity contribution < 1.29 is 17.9 Å². The van der Waals surface area contributed by atoms with Gasteiger partial charge in [-0.1, -0.05) is 13.0 Å². The molecule has 0 aliphatic heterocycles. The molecule has 29 heavy (non-hydrogen) atoms. The summed E-state index contributed by atoms with van der Waals surface area (Å²) in [5, 5.41) is 0.570. The number of nitrogens with zero attached hydrogens (tertiary/aromatic N) is 1. The van der Waals surface area contributed by atoms with E-state index in [1.54, 1.807) is 30.5 Å². The van der Waals surface area contributed by atoms with Gasteiger partial charge in [0.2, 0.25) is 0 Å². The Morgan fingerprint density at radius 2 is 1.86 bits per heavy atom. The number of hydrogen-bond acceptors (Lipinski definition) is 3. The van der Waals surface area contributed by atoms with Crippen molar-refractivity contribution in [2.45, 2.75) is 39.2 Å². The molecule has 0 fully saturated rings. The van der Waals surface area contributed by atoms with E-state index in [-0.39, 0.29) is 22.8 Å². The third-order valence-electron chi connectivity index (χ3n) is 4.66. The van der Waals surface area contributed by atoms with Gasteiger partial charge < -0.3 is 10.5 Å². The molecule has 0 saturated heterocycles. The van der Waals surface area contributed by atoms with Gasteiger partial charge in [-0.2, -0.15) is 0 Å². The molecular formula is C23H25F3N2O. The zero-order valence-electron chi connectivity index (χ0n) is 16.8. The van der Waals surface area contributed by atoms with Crippen LogP contribution in [0.5, 0.6) is 5.75 Å². The third-order valence-corrected chi connectivity index (χ3v) is 4.66. The molecule has 154 valence electrons. The second kappa shape index (κ2) is 8.41. The fourth-order valence-electron chi connectivity index (χ4n) is 3.58. The maximum atomic E-state index is 13.7. The van der Waals surface area contributed by atoms with Gasteiger partial charge >= 0.3 is 0 Å². The number of nitrogens with two attached hydrogens (primary N) is 1. The van der Waals surface area contributed by atoms with Gasteiger partial charge in [-0.3, -0.25) is 4.98 Å². The SMILES string of the molecule is C[C@H](COc1ccc(-c2ccnc3ccc(F)cc23)cc1C(F)F)CC(C)(C)N. The molecule has 0 aliphatic carbocycles. The molecule has 0 saturated carbocycles. The summed E-state index contributed by atoms with van der Waals surface area (Å²) < 4.78 is 46.9. The van der Waals surface area contributed by atoms with Crippen LogP contribution in [0.2, 0.25) is 0 Å². The summed E-state index contributed by atoms with van der Waals surface area (Å²) in [7, 11) is 0. The van der Waals surface area contributed by atoms with Crippen molar-refractivity contribution in [3.05, 3.63) is 60.0 Å². The summed E-state index contributed by atoms with van der Waals surface area (Å²) in [6.45, 7) is 6.11. The lowest BCUT2D eigenvalue weighted by Crippen LogP contribution is -2.35. The Hall–Kier alpha value is -2.60. The van der Waals surface area contributed by atoms with E-state index in [0.717, 1.165) is 0 Å². The quantitative estimate of drug-likeness (QED) is 0.518. The number of pyridine rings is 1. The lowest BCUT2D eigenvalue weighted by Gasteiger charge is -2.24. The second-order valence-corrected chi connectivity index (χ2v) is 8.18. The van der Waals surface area contributed by atoms with Crippen LogP contribution in [-0.4, -0.2) is 17.1 Å². The highest BCUT2D eigenvalue weighted by atomic mass is 19.3. The molecule has 0 amide bonds. The van der Waals surface area contributed by atoms with Crippen molar-refractivity contribution in [2.75, 3.05) is 6.61 Å². The first-order chi connectivity index (χ1) is 13.6. The lowest BCUT2D eigenvalue weighted by atomic mass is 9.93. The summed E-state index contributed by atoms with van der Waals surface area (Å²) in [6.07, 6.45) is -0.405. The largest absolute Gasteiger partial charge is 0.493 e. The Labute approximate surface area is 168 Å². The van der Waals surface area contributed by atoms with Crippen LogP contribution >= 0.6 is 0 Å². The van der Waals surface area contributed by atoms with Crippen LogP contribution in [0, 0.1) is 11.7 Å². The van der Waals surface area contributed by atoms with E-state index in [4.69, 9.17) is 10.5 Å². The summed E-state index contributed by atoms with van der Waals surface area (Å²) in [5.41, 5.74) is 7.27. The van der Waals surface area contributed by atoms with Gasteiger partial charge in [0.05, 0.1) is 17.7 Å². The fraction of sp³-hybridized carbons (Fsp3) is 0.348. The molecule has 3 nitrogen and oxygen atoms in total. The highest BCUT2D eigenvalue weighted by Crippen LogP contribution is 2.36. The molecular weight excluding hydrogens is 377 g/mol. The Morgan fingerprint density at radius 1 is 1.10 bits per heavy atom. The summed E-state index contributed by atoms with van der Waals surface area (Å²) in [6, 6.07) is 10.6. The van der Waals surface area contributed by atoms with Crippen molar-refractivity contribution in [1.29, 1.82) is 0 Å². The minimum absolute atomic E-state index is 0.118. The topological polar surface area (TPSA) is 48.1 Å². The van der Waals surface area contributed by atoms with Gasteiger partial charge in [-0.25, -0.2) is 13.2 Å². The number of hydrogen-bond donors (Lipinski definition) is 1. The van der Waals surface area contributed by atoms with E-state index >= 15 is 0 Å². The van der Waals surface area contributed by atoms with Gasteiger partial charge in [-0.15, -0.1) is 0 Å². The highest BCUT2D eigenvalue weighted by molar-refractivity contribution is 5.94. The van der Waals surface area contributed by atoms with Crippen LogP contribution in [0.15, 0.2) is 48.7 Å². The number of fused-ring (bicyclic) bond motifs is 1. The molecule has 2 N–H and O–H groups in total. The Bertz CT molecular complexity index is 999. The molecule has 1 aromatic heterocycles. The van der Waals surface area contributed by atoms with Gasteiger partial charge in [0.15, 0.2) is 0 Å². The van der Waals surface area contributed by atoms with Gasteiger partial charge in [0.1, 0.15) is 11.6 Å². The molecule has 6 heteroatoms. The highest BCUT2D eigenvalue weighted by Gasteiger charge is 2.20. The number of benzene rings is 2. The summed E-state index contributed by atoms with van der Waals surface area (Å²) in [5.74, 6) is -0.139. The average Bonchev–Trinajstić information content (AvgIpc) is 2.64. The number of ether oxygens (including phenoxy) is 1. The maximum absolute atomic E-state index is 13.7. The molecule has 0 radical (unpaired) electrons. The van der Waals surface area contributed by atoms with Crippen LogP contribution in [0.1, 0.15) is 39.2 Å². The van der Waals surface area contributed by atoms with E-state index in [0.29, 0.717) is 35.1 Å². The minimum Gasteiger partial charge on any atom is -0.493 e. The van der Waals surface area contributed by atoms with Gasteiger partial charge in [0, 0.05) is 17.1 Å². The molecule has 0 unspecified atom stereocenters. The van der Waals surface area contributed by atoms with E-state index < -0.39 is 12.2 Å². The molecule has 1 heterocycles. The molecule has 3 rings (SSSR count).